The van der Waals surface area contributed by atoms with Gasteiger partial charge in [-0.3, -0.25) is 0 Å². The number of benzene rings is 2. The maximum Gasteiger partial charge on any atom is 0.0642 e. The summed E-state index contributed by atoms with van der Waals surface area (Å²) in [7, 11) is 0. The van der Waals surface area contributed by atoms with Crippen LogP contribution in [0.5, 0.6) is 0 Å². The van der Waals surface area contributed by atoms with Crippen LogP contribution in [-0.2, 0) is 11.2 Å². The van der Waals surface area contributed by atoms with Crippen molar-refractivity contribution in [3.8, 4) is 0 Å². The van der Waals surface area contributed by atoms with Crippen LogP contribution in [0.25, 0.3) is 0 Å². The summed E-state index contributed by atoms with van der Waals surface area (Å²) in [6.45, 7) is 3.66. The normalized spacial score (nSPS) is 15.5. The number of anilines is 1. The van der Waals surface area contributed by atoms with E-state index < -0.39 is 0 Å². The monoisotopic (exact) mass is 252 g/mol. The van der Waals surface area contributed by atoms with Crippen LogP contribution in [0.1, 0.15) is 11.1 Å². The number of ether oxygens (including phenoxy) is 1. The average molecular weight is 252 g/mol. The van der Waals surface area contributed by atoms with Gasteiger partial charge < -0.3 is 9.64 Å². The van der Waals surface area contributed by atoms with Crippen molar-refractivity contribution in [3.63, 3.8) is 0 Å². The Morgan fingerprint density at radius 1 is 0.895 bits per heavy atom. The second-order valence-electron chi connectivity index (χ2n) is 4.85. The highest BCUT2D eigenvalue weighted by atomic mass is 16.5. The molecule has 2 nitrogen and oxygen atoms in total. The lowest BCUT2D eigenvalue weighted by molar-refractivity contribution is 0.122. The maximum absolute atomic E-state index is 5.38. The van der Waals surface area contributed by atoms with Gasteiger partial charge in [0.2, 0.25) is 0 Å². The average Bonchev–Trinajstić information content (AvgIpc) is 2.50. The summed E-state index contributed by atoms with van der Waals surface area (Å²) in [5, 5.41) is 0. The van der Waals surface area contributed by atoms with Crippen molar-refractivity contribution < 1.29 is 4.74 Å². The van der Waals surface area contributed by atoms with E-state index in [0.29, 0.717) is 0 Å². The molecule has 1 heterocycles. The second kappa shape index (κ2) is 5.89. The summed E-state index contributed by atoms with van der Waals surface area (Å²) < 4.78 is 5.38. The summed E-state index contributed by atoms with van der Waals surface area (Å²) in [6, 6.07) is 20.1. The van der Waals surface area contributed by atoms with Gasteiger partial charge in [-0.2, -0.15) is 0 Å². The summed E-state index contributed by atoms with van der Waals surface area (Å²) >= 11 is 0. The standard InChI is InChI=1S/C17H18NO/c1-2-4-15(5-3-1)14-16-6-8-17(9-7-16)18-10-12-19-13-11-18/h2-9H,10-14H2. The number of morpholine rings is 1. The van der Waals surface area contributed by atoms with Crippen molar-refractivity contribution >= 4 is 5.69 Å². The Labute approximate surface area is 114 Å². The SMILES string of the molecule is [c]1ccc(Cc2ccc(N3CCOCC3)cc2)cc1. The van der Waals surface area contributed by atoms with Gasteiger partial charge in [0.05, 0.1) is 13.2 Å². The molecule has 2 aromatic carbocycles. The first-order valence-corrected chi connectivity index (χ1v) is 6.78. The van der Waals surface area contributed by atoms with E-state index in [4.69, 9.17) is 4.74 Å². The molecule has 0 aromatic heterocycles. The van der Waals surface area contributed by atoms with E-state index in [1.807, 2.05) is 12.1 Å². The fourth-order valence-corrected chi connectivity index (χ4v) is 2.42. The third-order valence-electron chi connectivity index (χ3n) is 3.51. The van der Waals surface area contributed by atoms with Crippen LogP contribution in [0, 0.1) is 6.07 Å². The Bertz CT molecular complexity index is 501. The maximum atomic E-state index is 5.38. The lowest BCUT2D eigenvalue weighted by Crippen LogP contribution is -2.36. The molecule has 0 atom stereocenters. The van der Waals surface area contributed by atoms with Gasteiger partial charge in [0.1, 0.15) is 0 Å². The molecular formula is C17H18NO. The van der Waals surface area contributed by atoms with Gasteiger partial charge in [-0.15, -0.1) is 0 Å². The van der Waals surface area contributed by atoms with Crippen LogP contribution in [0.2, 0.25) is 0 Å². The Kier molecular flexibility index (Phi) is 3.80. The van der Waals surface area contributed by atoms with Crippen LogP contribution in [0.15, 0.2) is 48.5 Å². The highest BCUT2D eigenvalue weighted by Crippen LogP contribution is 2.18. The zero-order valence-electron chi connectivity index (χ0n) is 11.0. The van der Waals surface area contributed by atoms with Gasteiger partial charge in [-0.25, -0.2) is 0 Å². The van der Waals surface area contributed by atoms with Crippen molar-refractivity contribution in [3.05, 3.63) is 65.7 Å². The lowest BCUT2D eigenvalue weighted by atomic mass is 10.0. The molecule has 0 amide bonds. The molecule has 0 saturated carbocycles. The summed E-state index contributed by atoms with van der Waals surface area (Å²) in [6.07, 6.45) is 0.984. The fraction of sp³-hybridized carbons (Fsp3) is 0.294. The molecule has 1 fully saturated rings. The smallest absolute Gasteiger partial charge is 0.0642 e. The van der Waals surface area contributed by atoms with Crippen molar-refractivity contribution in [2.75, 3.05) is 31.2 Å². The number of nitrogens with zero attached hydrogens (tertiary/aromatic N) is 1. The predicted molar refractivity (Wildman–Crippen MR) is 77.6 cm³/mol. The van der Waals surface area contributed by atoms with Gasteiger partial charge >= 0.3 is 0 Å². The first-order valence-electron chi connectivity index (χ1n) is 6.78. The summed E-state index contributed by atoms with van der Waals surface area (Å²) in [5.74, 6) is 0. The van der Waals surface area contributed by atoms with Crippen LogP contribution < -0.4 is 4.90 Å². The molecule has 97 valence electrons. The fourth-order valence-electron chi connectivity index (χ4n) is 2.42. The number of hydrogen-bond donors (Lipinski definition) is 0. The zero-order valence-corrected chi connectivity index (χ0v) is 11.0. The van der Waals surface area contributed by atoms with E-state index in [1.54, 1.807) is 0 Å². The predicted octanol–water partition coefficient (Wildman–Crippen LogP) is 2.91. The Morgan fingerprint density at radius 3 is 2.21 bits per heavy atom. The third kappa shape index (κ3) is 3.15. The Balaban J connectivity index is 1.68. The minimum absolute atomic E-state index is 0.836. The quantitative estimate of drug-likeness (QED) is 0.833. The Hall–Kier alpha value is -1.80. The highest BCUT2D eigenvalue weighted by Gasteiger charge is 2.10. The topological polar surface area (TPSA) is 12.5 Å². The first kappa shape index (κ1) is 12.2. The minimum Gasteiger partial charge on any atom is -0.378 e. The molecule has 0 bridgehead atoms. The molecule has 19 heavy (non-hydrogen) atoms. The van der Waals surface area contributed by atoms with E-state index >= 15 is 0 Å². The van der Waals surface area contributed by atoms with Crippen LogP contribution in [0.4, 0.5) is 5.69 Å². The van der Waals surface area contributed by atoms with Crippen molar-refractivity contribution in [2.45, 2.75) is 6.42 Å². The molecule has 0 spiro atoms. The second-order valence-corrected chi connectivity index (χ2v) is 4.85. The molecule has 3 rings (SSSR count). The molecule has 2 aromatic rings. The largest absolute Gasteiger partial charge is 0.378 e. The van der Waals surface area contributed by atoms with E-state index in [0.717, 1.165) is 32.7 Å². The molecule has 0 N–H and O–H groups in total. The lowest BCUT2D eigenvalue weighted by Gasteiger charge is -2.28. The van der Waals surface area contributed by atoms with Gasteiger partial charge in [-0.05, 0) is 35.7 Å². The van der Waals surface area contributed by atoms with E-state index in [2.05, 4.69) is 47.4 Å². The van der Waals surface area contributed by atoms with E-state index in [1.165, 1.54) is 16.8 Å². The number of rotatable bonds is 3. The van der Waals surface area contributed by atoms with Gasteiger partial charge in [0.25, 0.3) is 0 Å². The third-order valence-corrected chi connectivity index (χ3v) is 3.51. The first-order chi connectivity index (χ1) is 9.42. The molecular weight excluding hydrogens is 234 g/mol. The summed E-state index contributed by atoms with van der Waals surface area (Å²) in [5.41, 5.74) is 3.98. The molecule has 1 saturated heterocycles. The van der Waals surface area contributed by atoms with Crippen molar-refractivity contribution in [1.29, 1.82) is 0 Å². The van der Waals surface area contributed by atoms with Gasteiger partial charge in [-0.1, -0.05) is 36.4 Å². The van der Waals surface area contributed by atoms with Crippen molar-refractivity contribution in [2.24, 2.45) is 0 Å². The van der Waals surface area contributed by atoms with E-state index in [-0.39, 0.29) is 0 Å². The van der Waals surface area contributed by atoms with Gasteiger partial charge in [0.15, 0.2) is 0 Å². The zero-order chi connectivity index (χ0) is 12.9. The molecule has 1 radical (unpaired) electrons. The molecule has 1 aliphatic rings. The van der Waals surface area contributed by atoms with Crippen LogP contribution >= 0.6 is 0 Å². The van der Waals surface area contributed by atoms with Crippen LogP contribution in [0.3, 0.4) is 0 Å². The molecule has 0 aliphatic carbocycles. The van der Waals surface area contributed by atoms with Crippen LogP contribution in [-0.4, -0.2) is 26.3 Å². The molecule has 0 unspecified atom stereocenters. The minimum atomic E-state index is 0.836. The highest BCUT2D eigenvalue weighted by molar-refractivity contribution is 5.48. The van der Waals surface area contributed by atoms with Gasteiger partial charge in [0, 0.05) is 18.8 Å². The van der Waals surface area contributed by atoms with E-state index in [9.17, 15) is 0 Å². The van der Waals surface area contributed by atoms with Crippen molar-refractivity contribution in [1.82, 2.24) is 0 Å². The number of hydrogen-bond acceptors (Lipinski definition) is 2. The molecule has 1 aliphatic heterocycles. The Morgan fingerprint density at radius 2 is 1.53 bits per heavy atom. The summed E-state index contributed by atoms with van der Waals surface area (Å²) in [4.78, 5) is 2.38. The molecule has 2 heteroatoms.